The molecule has 0 aromatic heterocycles. The average molecular weight is 390 g/mol. The summed E-state index contributed by atoms with van der Waals surface area (Å²) >= 11 is 13.1. The summed E-state index contributed by atoms with van der Waals surface area (Å²) < 4.78 is 5.29. The summed E-state index contributed by atoms with van der Waals surface area (Å²) in [5.74, 6) is 0. The SMILES string of the molecule is BrC[C@@H](Br)O[C@@H](Br)CBr. The maximum absolute atomic E-state index is 5.29. The zero-order valence-corrected chi connectivity index (χ0v) is 10.8. The second-order valence-electron chi connectivity index (χ2n) is 1.26. The van der Waals surface area contributed by atoms with E-state index < -0.39 is 0 Å². The standard InChI is InChI=1S/C4H6Br4O/c5-1-3(7)9-4(8)2-6/h3-4H,1-2H2/t3-,4+. The Hall–Kier alpha value is 1.88. The predicted molar refractivity (Wildman–Crippen MR) is 54.1 cm³/mol. The van der Waals surface area contributed by atoms with Crippen LogP contribution in [0.15, 0.2) is 0 Å². The van der Waals surface area contributed by atoms with E-state index in [1.165, 1.54) is 0 Å². The molecular weight excluding hydrogens is 384 g/mol. The zero-order chi connectivity index (χ0) is 7.28. The summed E-state index contributed by atoms with van der Waals surface area (Å²) in [6.45, 7) is 0. The van der Waals surface area contributed by atoms with E-state index in [1.54, 1.807) is 0 Å². The summed E-state index contributed by atoms with van der Waals surface area (Å²) in [6, 6.07) is 0. The molecule has 0 unspecified atom stereocenters. The molecule has 0 aromatic carbocycles. The van der Waals surface area contributed by atoms with Crippen LogP contribution in [-0.2, 0) is 4.74 Å². The normalized spacial score (nSPS) is 17.3. The Bertz CT molecular complexity index is 61.6. The van der Waals surface area contributed by atoms with E-state index >= 15 is 0 Å². The van der Waals surface area contributed by atoms with Gasteiger partial charge in [0.15, 0.2) is 0 Å². The fourth-order valence-corrected chi connectivity index (χ4v) is 1.35. The van der Waals surface area contributed by atoms with E-state index in [-0.39, 0.29) is 10.0 Å². The molecule has 0 N–H and O–H groups in total. The molecule has 0 fully saturated rings. The van der Waals surface area contributed by atoms with Crippen molar-refractivity contribution in [3.8, 4) is 0 Å². The van der Waals surface area contributed by atoms with E-state index in [0.717, 1.165) is 10.7 Å². The Morgan fingerprint density at radius 2 is 1.33 bits per heavy atom. The third-order valence-electron chi connectivity index (χ3n) is 0.538. The Balaban J connectivity index is 3.22. The number of alkyl halides is 4. The maximum atomic E-state index is 5.29. The van der Waals surface area contributed by atoms with E-state index in [2.05, 4.69) is 63.7 Å². The van der Waals surface area contributed by atoms with Crippen LogP contribution in [-0.4, -0.2) is 20.7 Å². The minimum absolute atomic E-state index is 0.0828. The summed E-state index contributed by atoms with van der Waals surface area (Å²) in [5, 5.41) is 1.75. The molecule has 0 rings (SSSR count). The third kappa shape index (κ3) is 6.28. The topological polar surface area (TPSA) is 9.23 Å². The van der Waals surface area contributed by atoms with Crippen LogP contribution in [0.4, 0.5) is 0 Å². The summed E-state index contributed by atoms with van der Waals surface area (Å²) in [4.78, 5) is 0. The fourth-order valence-electron chi connectivity index (χ4n) is 0.233. The van der Waals surface area contributed by atoms with Crippen molar-refractivity contribution >= 4 is 63.7 Å². The first-order valence-electron chi connectivity index (χ1n) is 2.26. The van der Waals surface area contributed by atoms with Crippen molar-refractivity contribution in [2.45, 2.75) is 10.0 Å². The van der Waals surface area contributed by atoms with Gasteiger partial charge >= 0.3 is 0 Å². The molecule has 0 heterocycles. The smallest absolute Gasteiger partial charge is 0.123 e. The number of hydrogen-bond acceptors (Lipinski definition) is 1. The molecular formula is C4H6Br4O. The monoisotopic (exact) mass is 386 g/mol. The molecule has 0 amide bonds. The van der Waals surface area contributed by atoms with Crippen LogP contribution in [0.1, 0.15) is 0 Å². The molecule has 0 aliphatic rings. The lowest BCUT2D eigenvalue weighted by atomic mass is 10.8. The van der Waals surface area contributed by atoms with Crippen molar-refractivity contribution in [3.63, 3.8) is 0 Å². The quantitative estimate of drug-likeness (QED) is 0.671. The highest BCUT2D eigenvalue weighted by Crippen LogP contribution is 2.13. The highest BCUT2D eigenvalue weighted by Gasteiger charge is 2.07. The van der Waals surface area contributed by atoms with Gasteiger partial charge in [-0.15, -0.1) is 0 Å². The number of halogens is 4. The first-order chi connectivity index (χ1) is 4.20. The van der Waals surface area contributed by atoms with Gasteiger partial charge in [-0.3, -0.25) is 0 Å². The molecule has 9 heavy (non-hydrogen) atoms. The van der Waals surface area contributed by atoms with Crippen LogP contribution in [0.3, 0.4) is 0 Å². The highest BCUT2D eigenvalue weighted by atomic mass is 79.9. The van der Waals surface area contributed by atoms with Crippen molar-refractivity contribution in [1.29, 1.82) is 0 Å². The van der Waals surface area contributed by atoms with Gasteiger partial charge in [0.05, 0.1) is 0 Å². The number of rotatable bonds is 4. The Labute approximate surface area is 88.4 Å². The molecule has 0 aliphatic heterocycles. The van der Waals surface area contributed by atoms with Crippen LogP contribution in [0.25, 0.3) is 0 Å². The summed E-state index contributed by atoms with van der Waals surface area (Å²) in [6.07, 6.45) is 0. The van der Waals surface area contributed by atoms with Gasteiger partial charge in [0.1, 0.15) is 10.0 Å². The summed E-state index contributed by atoms with van der Waals surface area (Å²) in [7, 11) is 0. The van der Waals surface area contributed by atoms with Gasteiger partial charge in [-0.2, -0.15) is 0 Å². The van der Waals surface area contributed by atoms with Gasteiger partial charge in [0.25, 0.3) is 0 Å². The molecule has 0 spiro atoms. The first-order valence-corrected chi connectivity index (χ1v) is 6.33. The molecule has 56 valence electrons. The lowest BCUT2D eigenvalue weighted by Gasteiger charge is -2.11. The second kappa shape index (κ2) is 6.58. The van der Waals surface area contributed by atoms with Gasteiger partial charge in [0.2, 0.25) is 0 Å². The Morgan fingerprint density at radius 1 is 1.00 bits per heavy atom. The fraction of sp³-hybridized carbons (Fsp3) is 1.00. The van der Waals surface area contributed by atoms with E-state index in [9.17, 15) is 0 Å². The lowest BCUT2D eigenvalue weighted by molar-refractivity contribution is 0.129. The average Bonchev–Trinajstić information content (AvgIpc) is 1.87. The first kappa shape index (κ1) is 10.9. The molecule has 0 aliphatic carbocycles. The van der Waals surface area contributed by atoms with Crippen molar-refractivity contribution in [1.82, 2.24) is 0 Å². The Morgan fingerprint density at radius 3 is 1.56 bits per heavy atom. The van der Waals surface area contributed by atoms with Crippen molar-refractivity contribution in [3.05, 3.63) is 0 Å². The van der Waals surface area contributed by atoms with Crippen LogP contribution in [0.5, 0.6) is 0 Å². The maximum Gasteiger partial charge on any atom is 0.123 e. The van der Waals surface area contributed by atoms with Crippen LogP contribution in [0, 0.1) is 0 Å². The largest absolute Gasteiger partial charge is 0.351 e. The molecule has 2 atom stereocenters. The molecule has 0 bridgehead atoms. The van der Waals surface area contributed by atoms with Crippen molar-refractivity contribution in [2.24, 2.45) is 0 Å². The third-order valence-corrected chi connectivity index (χ3v) is 4.53. The minimum Gasteiger partial charge on any atom is -0.351 e. The van der Waals surface area contributed by atoms with Crippen LogP contribution < -0.4 is 0 Å². The number of hydrogen-bond donors (Lipinski definition) is 0. The molecule has 1 nitrogen and oxygen atoms in total. The van der Waals surface area contributed by atoms with Gasteiger partial charge in [-0.25, -0.2) is 0 Å². The van der Waals surface area contributed by atoms with E-state index in [4.69, 9.17) is 4.74 Å². The molecule has 0 radical (unpaired) electrons. The van der Waals surface area contributed by atoms with Crippen molar-refractivity contribution in [2.75, 3.05) is 10.7 Å². The van der Waals surface area contributed by atoms with Crippen LogP contribution >= 0.6 is 63.7 Å². The second-order valence-corrected chi connectivity index (χ2v) is 4.60. The molecule has 0 saturated carbocycles. The van der Waals surface area contributed by atoms with Gasteiger partial charge in [-0.1, -0.05) is 63.7 Å². The van der Waals surface area contributed by atoms with Crippen molar-refractivity contribution < 1.29 is 4.74 Å². The van der Waals surface area contributed by atoms with E-state index in [1.807, 2.05) is 0 Å². The van der Waals surface area contributed by atoms with Gasteiger partial charge in [-0.05, 0) is 0 Å². The van der Waals surface area contributed by atoms with E-state index in [0.29, 0.717) is 0 Å². The highest BCUT2D eigenvalue weighted by molar-refractivity contribution is 9.12. The Kier molecular flexibility index (Phi) is 7.96. The predicted octanol–water partition coefficient (Wildman–Crippen LogP) is 3.23. The molecule has 0 aromatic rings. The number of ether oxygens (including phenoxy) is 1. The van der Waals surface area contributed by atoms with Crippen LogP contribution in [0.2, 0.25) is 0 Å². The molecule has 5 heteroatoms. The molecule has 0 saturated heterocycles. The summed E-state index contributed by atoms with van der Waals surface area (Å²) in [5.41, 5.74) is 0. The van der Waals surface area contributed by atoms with Gasteiger partial charge in [0, 0.05) is 10.7 Å². The lowest BCUT2D eigenvalue weighted by Crippen LogP contribution is -2.13. The van der Waals surface area contributed by atoms with Gasteiger partial charge < -0.3 is 4.74 Å². The minimum atomic E-state index is 0.0828. The zero-order valence-electron chi connectivity index (χ0n) is 4.49.